The molecule has 3 aromatic carbocycles. The fourth-order valence-electron chi connectivity index (χ4n) is 4.07. The zero-order valence-corrected chi connectivity index (χ0v) is 20.2. The highest BCUT2D eigenvalue weighted by Crippen LogP contribution is 2.26. The molecule has 1 unspecified atom stereocenters. The molecule has 1 atom stereocenters. The largest absolute Gasteiger partial charge is 0.507 e. The summed E-state index contributed by atoms with van der Waals surface area (Å²) >= 11 is 0. The van der Waals surface area contributed by atoms with Crippen molar-refractivity contribution in [3.05, 3.63) is 89.1 Å². The van der Waals surface area contributed by atoms with Gasteiger partial charge >= 0.3 is 0 Å². The Morgan fingerprint density at radius 3 is 2.67 bits per heavy atom. The number of phenols is 1. The number of carbonyl (C=O) groups is 1. The maximum atomic E-state index is 11.4. The molecule has 6 N–H and O–H groups in total. The van der Waals surface area contributed by atoms with Crippen molar-refractivity contribution in [2.75, 3.05) is 19.8 Å². The number of aliphatic hydroxyl groups is 1. The molecule has 0 saturated heterocycles. The number of aromatic hydroxyl groups is 1. The first-order valence-electron chi connectivity index (χ1n) is 11.8. The van der Waals surface area contributed by atoms with E-state index in [4.69, 9.17) is 15.2 Å². The van der Waals surface area contributed by atoms with Gasteiger partial charge in [0, 0.05) is 36.1 Å². The van der Waals surface area contributed by atoms with E-state index in [9.17, 15) is 15.0 Å². The molecule has 0 aliphatic carbocycles. The van der Waals surface area contributed by atoms with Crippen LogP contribution in [0.15, 0.2) is 66.7 Å². The monoisotopic (exact) mass is 489 g/mol. The first kappa shape index (κ1) is 25.1. The number of aliphatic hydroxyl groups excluding tert-OH is 1. The van der Waals surface area contributed by atoms with E-state index < -0.39 is 12.0 Å². The minimum absolute atomic E-state index is 0.0273. The van der Waals surface area contributed by atoms with Gasteiger partial charge < -0.3 is 35.7 Å². The molecule has 0 bridgehead atoms. The number of hydrogen-bond acceptors (Lipinski definition) is 6. The number of carbonyl (C=O) groups excluding carboxylic acids is 1. The van der Waals surface area contributed by atoms with Crippen LogP contribution in [0.5, 0.6) is 17.2 Å². The topological polar surface area (TPSA) is 130 Å². The number of H-pyrrole nitrogens is 1. The Kier molecular flexibility index (Phi) is 8.10. The van der Waals surface area contributed by atoms with E-state index in [-0.39, 0.29) is 17.9 Å². The van der Waals surface area contributed by atoms with E-state index in [1.807, 2.05) is 55.5 Å². The highest BCUT2D eigenvalue weighted by molar-refractivity contribution is 5.95. The second-order valence-corrected chi connectivity index (χ2v) is 8.68. The van der Waals surface area contributed by atoms with Gasteiger partial charge in [-0.2, -0.15) is 0 Å². The van der Waals surface area contributed by atoms with Crippen LogP contribution in [-0.4, -0.2) is 47.0 Å². The minimum Gasteiger partial charge on any atom is -0.507 e. The lowest BCUT2D eigenvalue weighted by atomic mass is 10.0. The number of nitrogens with one attached hydrogen (secondary N) is 2. The summed E-state index contributed by atoms with van der Waals surface area (Å²) in [6.45, 7) is 3.55. The molecule has 0 fully saturated rings. The SMILES string of the molecule is Cc1cc2c(OCC(O)CNCc3ccccc3CCOc3ccc(O)c(C(N)=O)c3)cccc2[nH]1. The Morgan fingerprint density at radius 2 is 1.86 bits per heavy atom. The van der Waals surface area contributed by atoms with Crippen molar-refractivity contribution in [2.24, 2.45) is 5.73 Å². The van der Waals surface area contributed by atoms with Gasteiger partial charge in [-0.3, -0.25) is 4.79 Å². The quantitative estimate of drug-likeness (QED) is 0.207. The zero-order chi connectivity index (χ0) is 25.5. The van der Waals surface area contributed by atoms with Crippen molar-refractivity contribution in [1.82, 2.24) is 10.3 Å². The van der Waals surface area contributed by atoms with Crippen molar-refractivity contribution in [1.29, 1.82) is 0 Å². The molecule has 1 heterocycles. The summed E-state index contributed by atoms with van der Waals surface area (Å²) in [6, 6.07) is 20.3. The maximum absolute atomic E-state index is 11.4. The summed E-state index contributed by atoms with van der Waals surface area (Å²) in [6.07, 6.45) is -0.0131. The van der Waals surface area contributed by atoms with Gasteiger partial charge in [-0.25, -0.2) is 0 Å². The van der Waals surface area contributed by atoms with E-state index in [2.05, 4.69) is 10.3 Å². The van der Waals surface area contributed by atoms with Crippen LogP contribution >= 0.6 is 0 Å². The molecule has 8 nitrogen and oxygen atoms in total. The minimum atomic E-state index is -0.710. The fourth-order valence-corrected chi connectivity index (χ4v) is 4.07. The van der Waals surface area contributed by atoms with Crippen LogP contribution in [0.1, 0.15) is 27.2 Å². The number of aromatic amines is 1. The van der Waals surface area contributed by atoms with Crippen molar-refractivity contribution in [2.45, 2.75) is 26.0 Å². The molecule has 4 rings (SSSR count). The Labute approximate surface area is 209 Å². The molecule has 0 spiro atoms. The van der Waals surface area contributed by atoms with Crippen LogP contribution in [0.25, 0.3) is 10.9 Å². The Balaban J connectivity index is 1.25. The average Bonchev–Trinajstić information content (AvgIpc) is 3.25. The van der Waals surface area contributed by atoms with Gasteiger partial charge in [-0.05, 0) is 54.4 Å². The smallest absolute Gasteiger partial charge is 0.252 e. The van der Waals surface area contributed by atoms with Gasteiger partial charge in [0.05, 0.1) is 12.2 Å². The summed E-state index contributed by atoms with van der Waals surface area (Å²) in [5.74, 6) is 0.331. The third-order valence-electron chi connectivity index (χ3n) is 5.88. The molecule has 188 valence electrons. The molecule has 0 radical (unpaired) electrons. The summed E-state index contributed by atoms with van der Waals surface area (Å²) in [4.78, 5) is 14.7. The van der Waals surface area contributed by atoms with Gasteiger partial charge in [0.15, 0.2) is 0 Å². The third kappa shape index (κ3) is 6.35. The molecular weight excluding hydrogens is 458 g/mol. The number of aryl methyl sites for hydroxylation is 1. The van der Waals surface area contributed by atoms with Crippen LogP contribution < -0.4 is 20.5 Å². The zero-order valence-electron chi connectivity index (χ0n) is 20.2. The molecule has 8 heteroatoms. The summed E-state index contributed by atoms with van der Waals surface area (Å²) < 4.78 is 11.6. The number of hydrogen-bond donors (Lipinski definition) is 5. The number of aromatic nitrogens is 1. The molecular formula is C28H31N3O5. The van der Waals surface area contributed by atoms with E-state index >= 15 is 0 Å². The molecule has 0 saturated carbocycles. The second-order valence-electron chi connectivity index (χ2n) is 8.68. The Bertz CT molecular complexity index is 1330. The Hall–Kier alpha value is -4.01. The van der Waals surface area contributed by atoms with Crippen molar-refractivity contribution in [3.63, 3.8) is 0 Å². The Morgan fingerprint density at radius 1 is 1.06 bits per heavy atom. The molecule has 1 aromatic heterocycles. The lowest BCUT2D eigenvalue weighted by Crippen LogP contribution is -2.31. The fraction of sp³-hybridized carbons (Fsp3) is 0.250. The first-order chi connectivity index (χ1) is 17.4. The van der Waals surface area contributed by atoms with Gasteiger partial charge in [-0.15, -0.1) is 0 Å². The molecule has 0 aliphatic heterocycles. The third-order valence-corrected chi connectivity index (χ3v) is 5.88. The highest BCUT2D eigenvalue weighted by atomic mass is 16.5. The van der Waals surface area contributed by atoms with E-state index in [0.717, 1.165) is 33.5 Å². The van der Waals surface area contributed by atoms with Crippen LogP contribution in [0.3, 0.4) is 0 Å². The number of ether oxygens (including phenoxy) is 2. The van der Waals surface area contributed by atoms with Crippen LogP contribution in [0, 0.1) is 6.92 Å². The predicted molar refractivity (Wildman–Crippen MR) is 139 cm³/mol. The van der Waals surface area contributed by atoms with Crippen molar-refractivity contribution >= 4 is 16.8 Å². The number of primary amides is 1. The average molecular weight is 490 g/mol. The molecule has 36 heavy (non-hydrogen) atoms. The number of rotatable bonds is 12. The highest BCUT2D eigenvalue weighted by Gasteiger charge is 2.11. The van der Waals surface area contributed by atoms with E-state index in [1.165, 1.54) is 12.1 Å². The van der Waals surface area contributed by atoms with E-state index in [0.29, 0.717) is 31.9 Å². The maximum Gasteiger partial charge on any atom is 0.252 e. The predicted octanol–water partition coefficient (Wildman–Crippen LogP) is 3.43. The number of benzene rings is 3. The van der Waals surface area contributed by atoms with Crippen molar-refractivity contribution < 1.29 is 24.5 Å². The molecule has 4 aromatic rings. The van der Waals surface area contributed by atoms with Crippen LogP contribution in [0.4, 0.5) is 0 Å². The number of nitrogens with two attached hydrogens (primary N) is 1. The molecule has 1 amide bonds. The summed E-state index contributed by atoms with van der Waals surface area (Å²) in [5, 5.41) is 24.4. The van der Waals surface area contributed by atoms with Gasteiger partial charge in [0.1, 0.15) is 30.0 Å². The van der Waals surface area contributed by atoms with Crippen molar-refractivity contribution in [3.8, 4) is 17.2 Å². The van der Waals surface area contributed by atoms with Gasteiger partial charge in [0.2, 0.25) is 0 Å². The summed E-state index contributed by atoms with van der Waals surface area (Å²) in [5.41, 5.74) is 9.59. The first-order valence-corrected chi connectivity index (χ1v) is 11.8. The van der Waals surface area contributed by atoms with E-state index in [1.54, 1.807) is 6.07 Å². The van der Waals surface area contributed by atoms with Crippen LogP contribution in [0.2, 0.25) is 0 Å². The van der Waals surface area contributed by atoms with Crippen LogP contribution in [-0.2, 0) is 13.0 Å². The summed E-state index contributed by atoms with van der Waals surface area (Å²) in [7, 11) is 0. The lowest BCUT2D eigenvalue weighted by molar-refractivity contribution is 0.0997. The normalized spacial score (nSPS) is 11.9. The van der Waals surface area contributed by atoms with Gasteiger partial charge in [0.25, 0.3) is 5.91 Å². The lowest BCUT2D eigenvalue weighted by Gasteiger charge is -2.15. The molecule has 0 aliphatic rings. The van der Waals surface area contributed by atoms with Gasteiger partial charge in [-0.1, -0.05) is 30.3 Å². The number of amides is 1. The standard InChI is InChI=1S/C28H31N3O5/c1-18-13-23-25(31-18)7-4-8-27(23)36-17-21(32)16-30-15-20-6-3-2-5-19(20)11-12-35-22-9-10-26(33)24(14-22)28(29)34/h2-10,13-14,21,30-33H,11-12,15-17H2,1H3,(H2,29,34). The second kappa shape index (κ2) is 11.6. The number of fused-ring (bicyclic) bond motifs is 1.